The fourth-order valence-corrected chi connectivity index (χ4v) is 1.65. The number of rotatable bonds is 5. The van der Waals surface area contributed by atoms with Gasteiger partial charge in [0.05, 0.1) is 6.61 Å². The van der Waals surface area contributed by atoms with Gasteiger partial charge in [-0.05, 0) is 25.1 Å². The quantitative estimate of drug-likeness (QED) is 0.697. The van der Waals surface area contributed by atoms with Crippen LogP contribution in [0.1, 0.15) is 13.8 Å². The number of carbonyl (C=O) groups is 3. The molecule has 7 heteroatoms. The number of carbonyl (C=O) groups excluding carboxylic acids is 3. The molecule has 0 saturated heterocycles. The van der Waals surface area contributed by atoms with Crippen molar-refractivity contribution < 1.29 is 19.1 Å². The number of benzene rings is 1. The molecule has 0 unspecified atom stereocenters. The Morgan fingerprint density at radius 3 is 2.33 bits per heavy atom. The zero-order chi connectivity index (χ0) is 15.8. The maximum atomic E-state index is 11.7. The fraction of sp³-hybridized carbons (Fsp3) is 0.357. The predicted octanol–water partition coefficient (Wildman–Crippen LogP) is 0.735. The maximum absolute atomic E-state index is 11.7. The Morgan fingerprint density at radius 2 is 1.76 bits per heavy atom. The van der Waals surface area contributed by atoms with E-state index < -0.39 is 11.8 Å². The summed E-state index contributed by atoms with van der Waals surface area (Å²) in [5.41, 5.74) is 0.953. The third kappa shape index (κ3) is 6.05. The van der Waals surface area contributed by atoms with E-state index in [1.165, 1.54) is 14.0 Å². The number of anilines is 2. The molecule has 0 heterocycles. The summed E-state index contributed by atoms with van der Waals surface area (Å²) in [6.07, 6.45) is 0. The van der Waals surface area contributed by atoms with E-state index in [4.69, 9.17) is 4.74 Å². The molecule has 3 N–H and O–H groups in total. The first-order valence-electron chi connectivity index (χ1n) is 6.40. The van der Waals surface area contributed by atoms with Crippen molar-refractivity contribution in [3.8, 4) is 0 Å². The molecule has 0 aliphatic carbocycles. The van der Waals surface area contributed by atoms with Crippen molar-refractivity contribution in [3.05, 3.63) is 24.3 Å². The molecule has 1 rings (SSSR count). The molecule has 21 heavy (non-hydrogen) atoms. The summed E-state index contributed by atoms with van der Waals surface area (Å²) in [7, 11) is 1.51. The highest BCUT2D eigenvalue weighted by Crippen LogP contribution is 2.14. The number of amides is 3. The van der Waals surface area contributed by atoms with E-state index in [-0.39, 0.29) is 11.9 Å². The molecule has 0 bridgehead atoms. The van der Waals surface area contributed by atoms with Gasteiger partial charge >= 0.3 is 11.8 Å². The van der Waals surface area contributed by atoms with E-state index in [1.807, 2.05) is 0 Å². The van der Waals surface area contributed by atoms with E-state index in [9.17, 15) is 14.4 Å². The summed E-state index contributed by atoms with van der Waals surface area (Å²) < 4.78 is 4.87. The molecule has 0 radical (unpaired) electrons. The molecule has 7 nitrogen and oxygen atoms in total. The molecule has 0 fully saturated rings. The Labute approximate surface area is 123 Å². The molecule has 3 amide bonds. The maximum Gasteiger partial charge on any atom is 0.313 e. The van der Waals surface area contributed by atoms with Gasteiger partial charge in [0.25, 0.3) is 0 Å². The Balaban J connectivity index is 2.61. The van der Waals surface area contributed by atoms with Crippen LogP contribution in [0, 0.1) is 0 Å². The highest BCUT2D eigenvalue weighted by molar-refractivity contribution is 6.39. The van der Waals surface area contributed by atoms with Gasteiger partial charge in [0.15, 0.2) is 0 Å². The van der Waals surface area contributed by atoms with Gasteiger partial charge in [0.1, 0.15) is 0 Å². The number of ether oxygens (including phenoxy) is 1. The molecule has 114 valence electrons. The summed E-state index contributed by atoms with van der Waals surface area (Å²) in [4.78, 5) is 34.3. The zero-order valence-corrected chi connectivity index (χ0v) is 12.2. The number of hydrogen-bond acceptors (Lipinski definition) is 4. The van der Waals surface area contributed by atoms with Crippen LogP contribution in [0.2, 0.25) is 0 Å². The lowest BCUT2D eigenvalue weighted by Crippen LogP contribution is -2.42. The molecular weight excluding hydrogens is 274 g/mol. The van der Waals surface area contributed by atoms with Crippen molar-refractivity contribution in [2.45, 2.75) is 19.9 Å². The monoisotopic (exact) mass is 293 g/mol. The van der Waals surface area contributed by atoms with Gasteiger partial charge in [0, 0.05) is 31.5 Å². The van der Waals surface area contributed by atoms with Crippen LogP contribution in [0.25, 0.3) is 0 Å². The van der Waals surface area contributed by atoms with Gasteiger partial charge in [-0.15, -0.1) is 0 Å². The highest BCUT2D eigenvalue weighted by atomic mass is 16.5. The van der Waals surface area contributed by atoms with E-state index in [1.54, 1.807) is 31.2 Å². The molecule has 0 saturated carbocycles. The topological polar surface area (TPSA) is 96.5 Å². The lowest BCUT2D eigenvalue weighted by molar-refractivity contribution is -0.136. The Bertz CT molecular complexity index is 531. The van der Waals surface area contributed by atoms with Gasteiger partial charge in [-0.3, -0.25) is 14.4 Å². The second-order valence-corrected chi connectivity index (χ2v) is 4.55. The van der Waals surface area contributed by atoms with Crippen molar-refractivity contribution >= 4 is 29.1 Å². The van der Waals surface area contributed by atoms with Crippen LogP contribution in [0.5, 0.6) is 0 Å². The van der Waals surface area contributed by atoms with Crippen molar-refractivity contribution in [1.82, 2.24) is 5.32 Å². The average Bonchev–Trinajstić information content (AvgIpc) is 2.38. The van der Waals surface area contributed by atoms with Crippen LogP contribution < -0.4 is 16.0 Å². The fourth-order valence-electron chi connectivity index (χ4n) is 1.65. The van der Waals surface area contributed by atoms with E-state index >= 15 is 0 Å². The molecule has 0 aliphatic heterocycles. The van der Waals surface area contributed by atoms with Gasteiger partial charge in [-0.25, -0.2) is 0 Å². The van der Waals surface area contributed by atoms with Crippen molar-refractivity contribution in [2.24, 2.45) is 0 Å². The van der Waals surface area contributed by atoms with Crippen LogP contribution in [0.4, 0.5) is 11.4 Å². The standard InChI is InChI=1S/C14H19N3O4/c1-9(8-21-3)15-13(19)14(20)17-12-6-4-5-11(7-12)16-10(2)18/h4-7,9H,8H2,1-3H3,(H,15,19)(H,16,18)(H,17,20)/t9-/m0/s1. The van der Waals surface area contributed by atoms with Gasteiger partial charge in [-0.2, -0.15) is 0 Å². The SMILES string of the molecule is COC[C@H](C)NC(=O)C(=O)Nc1cccc(NC(C)=O)c1. The summed E-state index contributed by atoms with van der Waals surface area (Å²) in [5, 5.41) is 7.55. The van der Waals surface area contributed by atoms with Crippen LogP contribution in [-0.2, 0) is 19.1 Å². The Hall–Kier alpha value is -2.41. The van der Waals surface area contributed by atoms with Crippen molar-refractivity contribution in [1.29, 1.82) is 0 Å². The highest BCUT2D eigenvalue weighted by Gasteiger charge is 2.16. The molecule has 0 aromatic heterocycles. The molecule has 0 spiro atoms. The smallest absolute Gasteiger partial charge is 0.313 e. The summed E-state index contributed by atoms with van der Waals surface area (Å²) >= 11 is 0. The van der Waals surface area contributed by atoms with Crippen LogP contribution in [-0.4, -0.2) is 37.5 Å². The molecule has 1 atom stereocenters. The number of nitrogens with one attached hydrogen (secondary N) is 3. The van der Waals surface area contributed by atoms with Crippen LogP contribution in [0.3, 0.4) is 0 Å². The van der Waals surface area contributed by atoms with Crippen LogP contribution >= 0.6 is 0 Å². The second kappa shape index (κ2) is 8.01. The van der Waals surface area contributed by atoms with Gasteiger partial charge in [0.2, 0.25) is 5.91 Å². The van der Waals surface area contributed by atoms with Gasteiger partial charge in [-0.1, -0.05) is 6.07 Å². The Morgan fingerprint density at radius 1 is 1.14 bits per heavy atom. The third-order valence-corrected chi connectivity index (χ3v) is 2.44. The molecule has 0 aliphatic rings. The Kier molecular flexibility index (Phi) is 6.35. The van der Waals surface area contributed by atoms with Gasteiger partial charge < -0.3 is 20.7 Å². The normalized spacial score (nSPS) is 11.4. The summed E-state index contributed by atoms with van der Waals surface area (Å²) in [5.74, 6) is -1.74. The van der Waals surface area contributed by atoms with E-state index in [2.05, 4.69) is 16.0 Å². The summed E-state index contributed by atoms with van der Waals surface area (Å²) in [6, 6.07) is 6.25. The minimum Gasteiger partial charge on any atom is -0.383 e. The zero-order valence-electron chi connectivity index (χ0n) is 12.2. The second-order valence-electron chi connectivity index (χ2n) is 4.55. The lowest BCUT2D eigenvalue weighted by Gasteiger charge is -2.12. The van der Waals surface area contributed by atoms with Crippen molar-refractivity contribution in [2.75, 3.05) is 24.4 Å². The molecular formula is C14H19N3O4. The van der Waals surface area contributed by atoms with E-state index in [0.29, 0.717) is 18.0 Å². The lowest BCUT2D eigenvalue weighted by atomic mass is 10.2. The number of hydrogen-bond donors (Lipinski definition) is 3. The molecule has 1 aromatic rings. The minimum atomic E-state index is -0.780. The van der Waals surface area contributed by atoms with E-state index in [0.717, 1.165) is 0 Å². The number of methoxy groups -OCH3 is 1. The minimum absolute atomic E-state index is 0.218. The summed E-state index contributed by atoms with van der Waals surface area (Å²) in [6.45, 7) is 3.43. The first-order valence-corrected chi connectivity index (χ1v) is 6.40. The average molecular weight is 293 g/mol. The van der Waals surface area contributed by atoms with Crippen molar-refractivity contribution in [3.63, 3.8) is 0 Å². The molecule has 1 aromatic carbocycles. The van der Waals surface area contributed by atoms with Crippen LogP contribution in [0.15, 0.2) is 24.3 Å². The third-order valence-electron chi connectivity index (χ3n) is 2.44. The largest absolute Gasteiger partial charge is 0.383 e. The predicted molar refractivity (Wildman–Crippen MR) is 78.9 cm³/mol. The first kappa shape index (κ1) is 16.6. The first-order chi connectivity index (χ1) is 9.92.